The molecule has 0 spiro atoms. The Labute approximate surface area is 124 Å². The van der Waals surface area contributed by atoms with E-state index < -0.39 is 0 Å². The lowest BCUT2D eigenvalue weighted by atomic mass is 9.83. The molecule has 0 aliphatic heterocycles. The molecular weight excluding hydrogens is 242 g/mol. The first-order chi connectivity index (χ1) is 9.45. The average molecular weight is 271 g/mol. The van der Waals surface area contributed by atoms with Crippen LogP contribution in [0.3, 0.4) is 0 Å². The normalized spacial score (nSPS) is 24.4. The Morgan fingerprint density at radius 2 is 2.00 bits per heavy atom. The van der Waals surface area contributed by atoms with Crippen LogP contribution in [-0.4, -0.2) is 6.54 Å². The predicted octanol–water partition coefficient (Wildman–Crippen LogP) is 4.95. The Hall–Kier alpha value is -1.08. The lowest BCUT2D eigenvalue weighted by molar-refractivity contribution is 0.366. The summed E-state index contributed by atoms with van der Waals surface area (Å²) in [4.78, 5) is 0. The minimum absolute atomic E-state index is 0.442. The van der Waals surface area contributed by atoms with E-state index in [-0.39, 0.29) is 0 Å². The van der Waals surface area contributed by atoms with Gasteiger partial charge in [0.1, 0.15) is 0 Å². The minimum Gasteiger partial charge on any atom is -0.310 e. The van der Waals surface area contributed by atoms with E-state index in [9.17, 15) is 0 Å². The van der Waals surface area contributed by atoms with Crippen molar-refractivity contribution in [1.29, 1.82) is 0 Å². The number of hydrogen-bond acceptors (Lipinski definition) is 1. The van der Waals surface area contributed by atoms with Gasteiger partial charge in [-0.3, -0.25) is 0 Å². The number of nitrogens with one attached hydrogen (secondary N) is 1. The minimum atomic E-state index is 0.442. The highest BCUT2D eigenvalue weighted by Gasteiger charge is 2.19. The molecule has 1 aliphatic carbocycles. The summed E-state index contributed by atoms with van der Waals surface area (Å²) < 4.78 is 0. The van der Waals surface area contributed by atoms with Crippen LogP contribution < -0.4 is 5.32 Å². The van der Waals surface area contributed by atoms with Crippen LogP contribution in [0.25, 0.3) is 0 Å². The number of hydrogen-bond donors (Lipinski definition) is 1. The standard InChI is InChI=1S/C19H29N/c1-13-6-7-19(16(4)9-13)17(5)20-12-18-10-14(2)8-15(3)11-18/h6-9,14,17-18,20H,10-12H2,1-5H3. The maximum atomic E-state index is 3.74. The van der Waals surface area contributed by atoms with Crippen molar-refractivity contribution in [2.75, 3.05) is 6.54 Å². The van der Waals surface area contributed by atoms with Gasteiger partial charge in [-0.15, -0.1) is 0 Å². The van der Waals surface area contributed by atoms with Gasteiger partial charge in [0, 0.05) is 6.04 Å². The van der Waals surface area contributed by atoms with Gasteiger partial charge >= 0.3 is 0 Å². The van der Waals surface area contributed by atoms with Gasteiger partial charge in [0.15, 0.2) is 0 Å². The van der Waals surface area contributed by atoms with E-state index in [1.54, 1.807) is 5.57 Å². The number of allylic oxidation sites excluding steroid dienone is 2. The Morgan fingerprint density at radius 1 is 1.25 bits per heavy atom. The first kappa shape index (κ1) is 15.3. The van der Waals surface area contributed by atoms with E-state index in [2.05, 4.69) is 64.2 Å². The third kappa shape index (κ3) is 3.96. The third-order valence-electron chi connectivity index (χ3n) is 4.49. The van der Waals surface area contributed by atoms with Crippen LogP contribution in [0.5, 0.6) is 0 Å². The second-order valence-corrected chi connectivity index (χ2v) is 6.79. The van der Waals surface area contributed by atoms with Crippen molar-refractivity contribution < 1.29 is 0 Å². The second kappa shape index (κ2) is 6.58. The van der Waals surface area contributed by atoms with Crippen LogP contribution in [0.4, 0.5) is 0 Å². The van der Waals surface area contributed by atoms with Crippen LogP contribution in [0, 0.1) is 25.7 Å². The van der Waals surface area contributed by atoms with Gasteiger partial charge < -0.3 is 5.32 Å². The smallest absolute Gasteiger partial charge is 0.0294 e. The van der Waals surface area contributed by atoms with Crippen LogP contribution in [0.15, 0.2) is 29.8 Å². The van der Waals surface area contributed by atoms with Gasteiger partial charge in [0.25, 0.3) is 0 Å². The molecule has 1 aromatic rings. The molecule has 0 saturated carbocycles. The monoisotopic (exact) mass is 271 g/mol. The summed E-state index contributed by atoms with van der Waals surface area (Å²) >= 11 is 0. The summed E-state index contributed by atoms with van der Waals surface area (Å²) in [6.07, 6.45) is 5.02. The molecule has 1 aromatic carbocycles. The number of rotatable bonds is 4. The van der Waals surface area contributed by atoms with Gasteiger partial charge in [0.05, 0.1) is 0 Å². The highest BCUT2D eigenvalue weighted by Crippen LogP contribution is 2.28. The molecule has 0 heterocycles. The van der Waals surface area contributed by atoms with Gasteiger partial charge in [0.2, 0.25) is 0 Å². The third-order valence-corrected chi connectivity index (χ3v) is 4.49. The molecule has 1 heteroatoms. The molecule has 0 bridgehead atoms. The summed E-state index contributed by atoms with van der Waals surface area (Å²) in [5.41, 5.74) is 5.75. The van der Waals surface area contributed by atoms with Crippen LogP contribution in [0.1, 0.15) is 56.3 Å². The summed E-state index contributed by atoms with van der Waals surface area (Å²) in [6, 6.07) is 7.22. The molecule has 3 unspecified atom stereocenters. The van der Waals surface area contributed by atoms with Gasteiger partial charge in [-0.05, 0) is 70.0 Å². The molecule has 0 aromatic heterocycles. The molecule has 20 heavy (non-hydrogen) atoms. The molecule has 0 radical (unpaired) electrons. The average Bonchev–Trinajstić information content (AvgIpc) is 2.35. The lowest BCUT2D eigenvalue weighted by Crippen LogP contribution is -2.28. The zero-order chi connectivity index (χ0) is 14.7. The van der Waals surface area contributed by atoms with E-state index in [0.717, 1.165) is 18.4 Å². The molecular formula is C19H29N. The zero-order valence-electron chi connectivity index (χ0n) is 13.7. The van der Waals surface area contributed by atoms with Gasteiger partial charge in [-0.2, -0.15) is 0 Å². The fraction of sp³-hybridized carbons (Fsp3) is 0.579. The van der Waals surface area contributed by atoms with E-state index in [1.165, 1.54) is 29.5 Å². The van der Waals surface area contributed by atoms with Crippen molar-refractivity contribution in [2.45, 2.75) is 53.5 Å². The Bertz CT molecular complexity index is 487. The predicted molar refractivity (Wildman–Crippen MR) is 88.0 cm³/mol. The molecule has 0 amide bonds. The lowest BCUT2D eigenvalue weighted by Gasteiger charge is -2.27. The van der Waals surface area contributed by atoms with Crippen LogP contribution >= 0.6 is 0 Å². The van der Waals surface area contributed by atoms with E-state index in [0.29, 0.717) is 6.04 Å². The summed E-state index contributed by atoms with van der Waals surface area (Å²) in [6.45, 7) is 12.4. The zero-order valence-corrected chi connectivity index (χ0v) is 13.7. The summed E-state index contributed by atoms with van der Waals surface area (Å²) in [7, 11) is 0. The summed E-state index contributed by atoms with van der Waals surface area (Å²) in [5, 5.41) is 3.74. The quantitative estimate of drug-likeness (QED) is 0.764. The molecule has 1 aliphatic rings. The van der Waals surface area contributed by atoms with Crippen molar-refractivity contribution in [3.63, 3.8) is 0 Å². The van der Waals surface area contributed by atoms with Gasteiger partial charge in [-0.1, -0.05) is 42.3 Å². The number of aryl methyl sites for hydroxylation is 2. The Kier molecular flexibility index (Phi) is 5.04. The van der Waals surface area contributed by atoms with Crippen LogP contribution in [0.2, 0.25) is 0 Å². The molecule has 110 valence electrons. The molecule has 0 saturated heterocycles. The highest BCUT2D eigenvalue weighted by molar-refractivity contribution is 5.32. The molecule has 1 N–H and O–H groups in total. The fourth-order valence-electron chi connectivity index (χ4n) is 3.61. The first-order valence-electron chi connectivity index (χ1n) is 7.93. The van der Waals surface area contributed by atoms with Crippen molar-refractivity contribution in [1.82, 2.24) is 5.32 Å². The van der Waals surface area contributed by atoms with Crippen molar-refractivity contribution >= 4 is 0 Å². The maximum absolute atomic E-state index is 3.74. The van der Waals surface area contributed by atoms with E-state index >= 15 is 0 Å². The van der Waals surface area contributed by atoms with Crippen LogP contribution in [-0.2, 0) is 0 Å². The van der Waals surface area contributed by atoms with E-state index in [1.807, 2.05) is 0 Å². The SMILES string of the molecule is CC1=CC(C)CC(CNC(C)c2ccc(C)cc2C)C1. The molecule has 3 atom stereocenters. The molecule has 2 rings (SSSR count). The Morgan fingerprint density at radius 3 is 2.65 bits per heavy atom. The van der Waals surface area contributed by atoms with Crippen molar-refractivity contribution in [3.05, 3.63) is 46.5 Å². The highest BCUT2D eigenvalue weighted by atomic mass is 14.9. The fourth-order valence-corrected chi connectivity index (χ4v) is 3.61. The van der Waals surface area contributed by atoms with E-state index in [4.69, 9.17) is 0 Å². The van der Waals surface area contributed by atoms with Crippen molar-refractivity contribution in [2.24, 2.45) is 11.8 Å². The molecule has 0 fully saturated rings. The maximum Gasteiger partial charge on any atom is 0.0294 e. The first-order valence-corrected chi connectivity index (χ1v) is 7.93. The second-order valence-electron chi connectivity index (χ2n) is 6.79. The Balaban J connectivity index is 1.92. The largest absolute Gasteiger partial charge is 0.310 e. The topological polar surface area (TPSA) is 12.0 Å². The summed E-state index contributed by atoms with van der Waals surface area (Å²) in [5.74, 6) is 1.54. The van der Waals surface area contributed by atoms with Crippen molar-refractivity contribution in [3.8, 4) is 0 Å². The number of benzene rings is 1. The van der Waals surface area contributed by atoms with Gasteiger partial charge in [-0.25, -0.2) is 0 Å². The molecule has 1 nitrogen and oxygen atoms in total.